The van der Waals surface area contributed by atoms with Crippen LogP contribution in [0.4, 0.5) is 13.2 Å². The van der Waals surface area contributed by atoms with E-state index in [1.165, 1.54) is 6.92 Å². The Labute approximate surface area is 73.4 Å². The van der Waals surface area contributed by atoms with E-state index in [4.69, 9.17) is 0 Å². The summed E-state index contributed by atoms with van der Waals surface area (Å²) in [6.07, 6.45) is -4.01. The van der Waals surface area contributed by atoms with E-state index >= 15 is 0 Å². The fraction of sp³-hybridized carbons (Fsp3) is 1.00. The summed E-state index contributed by atoms with van der Waals surface area (Å²) in [4.78, 5) is 0. The third kappa shape index (κ3) is 1.02. The van der Waals surface area contributed by atoms with E-state index in [2.05, 4.69) is 31.9 Å². The van der Waals surface area contributed by atoms with Crippen molar-refractivity contribution in [2.45, 2.75) is 22.8 Å². The van der Waals surface area contributed by atoms with Gasteiger partial charge in [0.2, 0.25) is 0 Å². The van der Waals surface area contributed by atoms with E-state index in [-0.39, 0.29) is 6.42 Å². The summed E-state index contributed by atoms with van der Waals surface area (Å²) in [6, 6.07) is 0. The Morgan fingerprint density at radius 3 is 1.60 bits per heavy atom. The smallest absolute Gasteiger partial charge is 0.170 e. The number of hydrogen-bond donors (Lipinski definition) is 0. The summed E-state index contributed by atoms with van der Waals surface area (Å²) >= 11 is 5.88. The van der Waals surface area contributed by atoms with Gasteiger partial charge in [0.25, 0.3) is 0 Å². The van der Waals surface area contributed by atoms with E-state index in [0.717, 1.165) is 0 Å². The molecule has 60 valence electrons. The molecule has 1 atom stereocenters. The lowest BCUT2D eigenvalue weighted by atomic mass is 10.1. The molecule has 0 aromatic carbocycles. The zero-order valence-corrected chi connectivity index (χ0v) is 8.27. The maximum absolute atomic E-state index is 12.1. The lowest BCUT2D eigenvalue weighted by Crippen LogP contribution is -2.25. The zero-order valence-electron chi connectivity index (χ0n) is 5.10. The van der Waals surface area contributed by atoms with Crippen LogP contribution in [0.3, 0.4) is 0 Å². The molecule has 0 radical (unpaired) electrons. The second-order valence-corrected chi connectivity index (χ2v) is 6.48. The van der Waals surface area contributed by atoms with Gasteiger partial charge < -0.3 is 0 Å². The number of halogens is 5. The largest absolute Gasteiger partial charge is 0.396 e. The van der Waals surface area contributed by atoms with Crippen molar-refractivity contribution in [1.29, 1.82) is 0 Å². The van der Waals surface area contributed by atoms with Gasteiger partial charge in [-0.15, -0.1) is 0 Å². The van der Waals surface area contributed by atoms with Crippen LogP contribution in [0.25, 0.3) is 0 Å². The summed E-state index contributed by atoms with van der Waals surface area (Å²) in [5.41, 5.74) is -1.58. The average Bonchev–Trinajstić information content (AvgIpc) is 2.05. The minimum atomic E-state index is -4.11. The Kier molecular flexibility index (Phi) is 1.69. The second kappa shape index (κ2) is 1.91. The molecule has 1 unspecified atom stereocenters. The Bertz CT molecular complexity index is 163. The third-order valence-electron chi connectivity index (χ3n) is 1.88. The molecule has 1 fully saturated rings. The van der Waals surface area contributed by atoms with Gasteiger partial charge in [0.15, 0.2) is 0 Å². The van der Waals surface area contributed by atoms with Crippen molar-refractivity contribution in [3.8, 4) is 0 Å². The third-order valence-corrected chi connectivity index (χ3v) is 4.19. The Morgan fingerprint density at radius 1 is 1.30 bits per heavy atom. The van der Waals surface area contributed by atoms with Crippen LogP contribution in [0.5, 0.6) is 0 Å². The normalized spacial score (nSPS) is 37.8. The highest BCUT2D eigenvalue weighted by Gasteiger charge is 2.75. The average molecular weight is 282 g/mol. The molecule has 0 N–H and O–H groups in total. The van der Waals surface area contributed by atoms with Crippen molar-refractivity contribution in [2.24, 2.45) is 5.41 Å². The van der Waals surface area contributed by atoms with Crippen molar-refractivity contribution < 1.29 is 13.2 Å². The van der Waals surface area contributed by atoms with Crippen molar-refractivity contribution in [3.05, 3.63) is 0 Å². The molecule has 0 spiro atoms. The predicted molar refractivity (Wildman–Crippen MR) is 39.4 cm³/mol. The predicted octanol–water partition coefficient (Wildman–Crippen LogP) is 3.44. The first-order chi connectivity index (χ1) is 4.21. The monoisotopic (exact) mass is 280 g/mol. The number of alkyl halides is 5. The Hall–Kier alpha value is 0.750. The highest BCUT2D eigenvalue weighted by Crippen LogP contribution is 2.72. The molecule has 1 rings (SSSR count). The minimum Gasteiger partial charge on any atom is -0.170 e. The van der Waals surface area contributed by atoms with E-state index < -0.39 is 14.8 Å². The first kappa shape index (κ1) is 8.84. The lowest BCUT2D eigenvalue weighted by Gasteiger charge is -2.15. The van der Waals surface area contributed by atoms with Gasteiger partial charge in [-0.2, -0.15) is 13.2 Å². The summed E-state index contributed by atoms with van der Waals surface area (Å²) < 4.78 is 35.3. The Balaban J connectivity index is 2.78. The number of hydrogen-bond acceptors (Lipinski definition) is 0. The molecule has 0 aromatic heterocycles. The van der Waals surface area contributed by atoms with Gasteiger partial charge in [0.1, 0.15) is 0 Å². The van der Waals surface area contributed by atoms with E-state index in [0.29, 0.717) is 0 Å². The summed E-state index contributed by atoms with van der Waals surface area (Å²) in [5, 5.41) is 0. The van der Waals surface area contributed by atoms with E-state index in [9.17, 15) is 13.2 Å². The summed E-state index contributed by atoms with van der Waals surface area (Å²) in [5.74, 6) is 0. The van der Waals surface area contributed by atoms with Gasteiger partial charge in [-0.3, -0.25) is 0 Å². The first-order valence-corrected chi connectivity index (χ1v) is 4.24. The quantitative estimate of drug-likeness (QED) is 0.597. The lowest BCUT2D eigenvalue weighted by molar-refractivity contribution is -0.181. The van der Waals surface area contributed by atoms with Crippen LogP contribution in [0.15, 0.2) is 0 Å². The molecule has 1 aliphatic carbocycles. The summed E-state index contributed by atoms with van der Waals surface area (Å²) in [7, 11) is 0. The van der Waals surface area contributed by atoms with Gasteiger partial charge in [0.05, 0.1) is 8.65 Å². The van der Waals surface area contributed by atoms with E-state index in [1.54, 1.807) is 0 Å². The molecule has 10 heavy (non-hydrogen) atoms. The highest BCUT2D eigenvalue weighted by molar-refractivity contribution is 9.25. The molecule has 1 aliphatic rings. The van der Waals surface area contributed by atoms with Gasteiger partial charge in [-0.25, -0.2) is 0 Å². The highest BCUT2D eigenvalue weighted by atomic mass is 79.9. The molecule has 0 saturated heterocycles. The molecule has 0 nitrogen and oxygen atoms in total. The van der Waals surface area contributed by atoms with Crippen LogP contribution in [0, 0.1) is 5.41 Å². The molecule has 0 heterocycles. The minimum absolute atomic E-state index is 0.101. The van der Waals surface area contributed by atoms with Gasteiger partial charge in [-0.1, -0.05) is 31.9 Å². The maximum Gasteiger partial charge on any atom is 0.396 e. The van der Waals surface area contributed by atoms with Gasteiger partial charge >= 0.3 is 6.18 Å². The maximum atomic E-state index is 12.1. The fourth-order valence-corrected chi connectivity index (χ4v) is 2.28. The van der Waals surface area contributed by atoms with Gasteiger partial charge in [-0.05, 0) is 13.3 Å². The van der Waals surface area contributed by atoms with Crippen LogP contribution in [-0.2, 0) is 0 Å². The van der Waals surface area contributed by atoms with Crippen LogP contribution in [-0.4, -0.2) is 9.41 Å². The molecule has 0 aromatic rings. The van der Waals surface area contributed by atoms with Crippen LogP contribution in [0.1, 0.15) is 13.3 Å². The fourth-order valence-electron chi connectivity index (χ4n) is 0.707. The number of rotatable bonds is 0. The standard InChI is InChI=1S/C5H5Br2F3/c1-3(5(8,9)10)2-4(3,6)7/h2H2,1H3. The summed E-state index contributed by atoms with van der Waals surface area (Å²) in [6.45, 7) is 1.19. The molecule has 5 heteroatoms. The van der Waals surface area contributed by atoms with Crippen LogP contribution < -0.4 is 0 Å². The molecule has 1 saturated carbocycles. The molecule has 0 bridgehead atoms. The van der Waals surface area contributed by atoms with Crippen molar-refractivity contribution in [3.63, 3.8) is 0 Å². The van der Waals surface area contributed by atoms with Crippen LogP contribution in [0.2, 0.25) is 0 Å². The molecular weight excluding hydrogens is 277 g/mol. The molecular formula is C5H5Br2F3. The van der Waals surface area contributed by atoms with E-state index in [1.807, 2.05) is 0 Å². The topological polar surface area (TPSA) is 0 Å². The second-order valence-electron chi connectivity index (χ2n) is 2.71. The Morgan fingerprint density at radius 2 is 1.60 bits per heavy atom. The molecule has 0 amide bonds. The SMILES string of the molecule is CC1(C(F)(F)F)CC1(Br)Br. The van der Waals surface area contributed by atoms with Crippen LogP contribution >= 0.6 is 31.9 Å². The first-order valence-electron chi connectivity index (χ1n) is 2.65. The molecule has 0 aliphatic heterocycles. The van der Waals surface area contributed by atoms with Gasteiger partial charge in [0, 0.05) is 0 Å². The van der Waals surface area contributed by atoms with Crippen molar-refractivity contribution >= 4 is 31.9 Å². The van der Waals surface area contributed by atoms with Crippen molar-refractivity contribution in [1.82, 2.24) is 0 Å². The zero-order chi connectivity index (χ0) is 8.21. The van der Waals surface area contributed by atoms with Crippen molar-refractivity contribution in [2.75, 3.05) is 0 Å².